The predicted molar refractivity (Wildman–Crippen MR) is 130 cm³/mol. The largest absolute Gasteiger partial charge is 0.382 e. The molecular formula is C20H46O2S2Si2. The summed E-state index contributed by atoms with van der Waals surface area (Å²) in [6, 6.07) is 5.50. The van der Waals surface area contributed by atoms with Crippen LogP contribution in [-0.2, 0) is 9.47 Å². The summed E-state index contributed by atoms with van der Waals surface area (Å²) in [7, 11) is 2.71. The van der Waals surface area contributed by atoms with Gasteiger partial charge in [-0.2, -0.15) is 0 Å². The van der Waals surface area contributed by atoms with Crippen molar-refractivity contribution < 1.29 is 9.47 Å². The van der Waals surface area contributed by atoms with Crippen molar-refractivity contribution in [2.75, 3.05) is 24.7 Å². The van der Waals surface area contributed by atoms with Gasteiger partial charge in [-0.15, -0.1) is 0 Å². The Hall–Kier alpha value is 1.05. The van der Waals surface area contributed by atoms with Gasteiger partial charge in [-0.25, -0.2) is 0 Å². The summed E-state index contributed by atoms with van der Waals surface area (Å²) in [6.45, 7) is 15.8. The maximum atomic E-state index is 6.21. The summed E-state index contributed by atoms with van der Waals surface area (Å²) >= 11 is 0. The van der Waals surface area contributed by atoms with Gasteiger partial charge in [-0.05, 0) is 25.7 Å². The minimum atomic E-state index is -0.708. The molecule has 0 radical (unpaired) electrons. The van der Waals surface area contributed by atoms with Gasteiger partial charge in [-0.1, -0.05) is 87.3 Å². The van der Waals surface area contributed by atoms with Gasteiger partial charge in [0.05, 0.1) is 17.6 Å². The first-order valence-corrected chi connectivity index (χ1v) is 18.2. The molecule has 158 valence electrons. The highest BCUT2D eigenvalue weighted by Gasteiger charge is 2.21. The molecule has 0 bridgehead atoms. The lowest BCUT2D eigenvalue weighted by Gasteiger charge is -2.25. The Morgan fingerprint density at radius 3 is 1.23 bits per heavy atom. The molecule has 0 saturated carbocycles. The SMILES string of the molecule is CCCOC(CCSSCCC(OCCC)[SiH](CC)CC)[SiH](CC)CC. The fourth-order valence-electron chi connectivity index (χ4n) is 3.52. The summed E-state index contributed by atoms with van der Waals surface area (Å²) in [6.07, 6.45) is 4.80. The van der Waals surface area contributed by atoms with Gasteiger partial charge in [0.1, 0.15) is 0 Å². The van der Waals surface area contributed by atoms with Crippen LogP contribution in [-0.4, -0.2) is 53.8 Å². The van der Waals surface area contributed by atoms with Gasteiger partial charge in [0.15, 0.2) is 0 Å². The van der Waals surface area contributed by atoms with E-state index in [1.54, 1.807) is 0 Å². The standard InChI is InChI=1S/C20H46O2S2Si2/c1-7-15-21-19(25(9-3)10-4)13-17-23-24-18-14-20(22-16-8-2)26(11-5)12-6/h19-20,25-26H,7-18H2,1-6H3. The normalized spacial score (nSPS) is 14.3. The summed E-state index contributed by atoms with van der Waals surface area (Å²) in [5.74, 6) is 2.48. The first-order chi connectivity index (χ1) is 12.7. The van der Waals surface area contributed by atoms with Crippen molar-refractivity contribution >= 4 is 39.2 Å². The van der Waals surface area contributed by atoms with E-state index in [2.05, 4.69) is 63.1 Å². The molecule has 0 aromatic heterocycles. The Labute approximate surface area is 176 Å². The van der Waals surface area contributed by atoms with Gasteiger partial charge < -0.3 is 9.47 Å². The molecule has 0 rings (SSSR count). The molecule has 0 spiro atoms. The van der Waals surface area contributed by atoms with Crippen LogP contribution in [0.5, 0.6) is 0 Å². The lowest BCUT2D eigenvalue weighted by Crippen LogP contribution is -2.33. The van der Waals surface area contributed by atoms with Crippen LogP contribution >= 0.6 is 21.6 Å². The molecule has 0 amide bonds. The minimum absolute atomic E-state index is 0.593. The van der Waals surface area contributed by atoms with E-state index < -0.39 is 17.6 Å². The zero-order chi connectivity index (χ0) is 19.6. The van der Waals surface area contributed by atoms with Crippen molar-refractivity contribution in [3.05, 3.63) is 0 Å². The van der Waals surface area contributed by atoms with Crippen LogP contribution in [0, 0.1) is 0 Å². The van der Waals surface area contributed by atoms with Crippen molar-refractivity contribution in [1.29, 1.82) is 0 Å². The molecule has 0 aromatic rings. The molecular weight excluding hydrogens is 393 g/mol. The Morgan fingerprint density at radius 2 is 0.962 bits per heavy atom. The predicted octanol–water partition coefficient (Wildman–Crippen LogP) is 6.35. The summed E-state index contributed by atoms with van der Waals surface area (Å²) < 4.78 is 12.4. The third kappa shape index (κ3) is 12.5. The van der Waals surface area contributed by atoms with Gasteiger partial charge in [0.2, 0.25) is 0 Å². The van der Waals surface area contributed by atoms with E-state index in [0.29, 0.717) is 11.5 Å². The zero-order valence-corrected chi connectivity index (χ0v) is 22.4. The molecule has 2 nitrogen and oxygen atoms in total. The molecule has 6 heteroatoms. The fraction of sp³-hybridized carbons (Fsp3) is 1.00. The van der Waals surface area contributed by atoms with Crippen LogP contribution in [0.25, 0.3) is 0 Å². The highest BCUT2D eigenvalue weighted by molar-refractivity contribution is 8.76. The molecule has 26 heavy (non-hydrogen) atoms. The van der Waals surface area contributed by atoms with E-state index in [0.717, 1.165) is 26.1 Å². The van der Waals surface area contributed by atoms with Crippen LogP contribution in [0.4, 0.5) is 0 Å². The van der Waals surface area contributed by atoms with Crippen molar-refractivity contribution in [2.45, 2.75) is 103 Å². The molecule has 2 atom stereocenters. The smallest absolute Gasteiger partial charge is 0.0712 e. The van der Waals surface area contributed by atoms with E-state index in [-0.39, 0.29) is 0 Å². The van der Waals surface area contributed by atoms with Crippen LogP contribution in [0.3, 0.4) is 0 Å². The number of hydrogen-bond donors (Lipinski definition) is 0. The topological polar surface area (TPSA) is 18.5 Å². The van der Waals surface area contributed by atoms with Gasteiger partial charge in [0, 0.05) is 36.2 Å². The van der Waals surface area contributed by atoms with Crippen LogP contribution in [0.1, 0.15) is 67.2 Å². The van der Waals surface area contributed by atoms with E-state index in [1.807, 2.05) is 0 Å². The molecule has 0 aliphatic rings. The minimum Gasteiger partial charge on any atom is -0.382 e. The average Bonchev–Trinajstić information content (AvgIpc) is 2.67. The molecule has 0 aliphatic heterocycles. The Balaban J connectivity index is 4.11. The highest BCUT2D eigenvalue weighted by atomic mass is 33.1. The third-order valence-corrected chi connectivity index (χ3v) is 15.1. The quantitative estimate of drug-likeness (QED) is 0.133. The monoisotopic (exact) mass is 438 g/mol. The second kappa shape index (κ2) is 19.4. The summed E-state index contributed by atoms with van der Waals surface area (Å²) in [5, 5.41) is 0. The third-order valence-electron chi connectivity index (χ3n) is 5.28. The van der Waals surface area contributed by atoms with E-state index in [9.17, 15) is 0 Å². The lowest BCUT2D eigenvalue weighted by atomic mass is 10.5. The molecule has 0 fully saturated rings. The van der Waals surface area contributed by atoms with Gasteiger partial charge >= 0.3 is 0 Å². The second-order valence-corrected chi connectivity index (χ2v) is 17.7. The fourth-order valence-corrected chi connectivity index (χ4v) is 11.5. The summed E-state index contributed by atoms with van der Waals surface area (Å²) in [5.41, 5.74) is 1.19. The van der Waals surface area contributed by atoms with Crippen molar-refractivity contribution in [2.24, 2.45) is 0 Å². The molecule has 0 aliphatic carbocycles. The molecule has 0 saturated heterocycles. The highest BCUT2D eigenvalue weighted by Crippen LogP contribution is 2.27. The van der Waals surface area contributed by atoms with Crippen LogP contribution < -0.4 is 0 Å². The maximum Gasteiger partial charge on any atom is 0.0712 e. The molecule has 0 heterocycles. The Bertz CT molecular complexity index is 263. The number of ether oxygens (including phenoxy) is 2. The Morgan fingerprint density at radius 1 is 0.615 bits per heavy atom. The summed E-state index contributed by atoms with van der Waals surface area (Å²) in [4.78, 5) is 0. The molecule has 0 N–H and O–H groups in total. The molecule has 2 unspecified atom stereocenters. The van der Waals surface area contributed by atoms with E-state index >= 15 is 0 Å². The van der Waals surface area contributed by atoms with Crippen molar-refractivity contribution in [3.8, 4) is 0 Å². The van der Waals surface area contributed by atoms with Crippen molar-refractivity contribution in [3.63, 3.8) is 0 Å². The van der Waals surface area contributed by atoms with Crippen molar-refractivity contribution in [1.82, 2.24) is 0 Å². The van der Waals surface area contributed by atoms with E-state index in [4.69, 9.17) is 9.47 Å². The Kier molecular flexibility index (Phi) is 20.2. The lowest BCUT2D eigenvalue weighted by molar-refractivity contribution is 0.100. The zero-order valence-electron chi connectivity index (χ0n) is 18.4. The van der Waals surface area contributed by atoms with Crippen LogP contribution in [0.15, 0.2) is 0 Å². The van der Waals surface area contributed by atoms with Gasteiger partial charge in [0.25, 0.3) is 0 Å². The van der Waals surface area contributed by atoms with E-state index in [1.165, 1.54) is 48.5 Å². The second-order valence-electron chi connectivity index (χ2n) is 7.19. The number of rotatable bonds is 19. The first-order valence-electron chi connectivity index (χ1n) is 11.2. The average molecular weight is 439 g/mol. The van der Waals surface area contributed by atoms with Crippen LogP contribution in [0.2, 0.25) is 24.2 Å². The number of hydrogen-bond acceptors (Lipinski definition) is 4. The van der Waals surface area contributed by atoms with Gasteiger partial charge in [-0.3, -0.25) is 0 Å². The molecule has 0 aromatic carbocycles. The maximum absolute atomic E-state index is 6.21. The first kappa shape index (κ1) is 27.1.